The number of nitrogens with zero attached hydrogens (tertiary/aromatic N) is 2. The molecule has 1 unspecified atom stereocenters. The van der Waals surface area contributed by atoms with Crippen molar-refractivity contribution in [2.75, 3.05) is 20.1 Å². The van der Waals surface area contributed by atoms with Gasteiger partial charge in [0.1, 0.15) is 5.82 Å². The number of aromatic nitrogens is 1. The van der Waals surface area contributed by atoms with E-state index in [9.17, 15) is 9.50 Å². The van der Waals surface area contributed by atoms with Crippen LogP contribution in [-0.2, 0) is 0 Å². The third-order valence-electron chi connectivity index (χ3n) is 2.96. The number of pyridine rings is 1. The van der Waals surface area contributed by atoms with Gasteiger partial charge in [-0.15, -0.1) is 0 Å². The maximum atomic E-state index is 12.7. The summed E-state index contributed by atoms with van der Waals surface area (Å²) in [4.78, 5) is 6.09. The Bertz CT molecular complexity index is 340. The van der Waals surface area contributed by atoms with Gasteiger partial charge in [-0.3, -0.25) is 4.98 Å². The molecule has 0 aliphatic rings. The van der Waals surface area contributed by atoms with Crippen LogP contribution in [0.3, 0.4) is 0 Å². The topological polar surface area (TPSA) is 36.4 Å². The molecule has 1 rings (SSSR count). The lowest BCUT2D eigenvalue weighted by molar-refractivity contribution is 0.143. The van der Waals surface area contributed by atoms with Crippen molar-refractivity contribution in [3.8, 4) is 0 Å². The van der Waals surface area contributed by atoms with E-state index in [1.54, 1.807) is 0 Å². The molecule has 0 aliphatic heterocycles. The van der Waals surface area contributed by atoms with E-state index >= 15 is 0 Å². The zero-order valence-corrected chi connectivity index (χ0v) is 11.4. The number of rotatable bonds is 7. The molecule has 0 spiro atoms. The largest absolute Gasteiger partial charge is 0.387 e. The second-order valence-electron chi connectivity index (χ2n) is 5.19. The molecule has 0 saturated heterocycles. The zero-order valence-electron chi connectivity index (χ0n) is 11.4. The standard InChI is InChI=1S/C14H23FN2O/c1-11(2)6-8-17(3)9-7-14(18)13-5-4-12(15)10-16-13/h4-5,10-11,14,18H,6-9H2,1-3H3. The SMILES string of the molecule is CC(C)CCN(C)CCC(O)c1ccc(F)cn1. The highest BCUT2D eigenvalue weighted by Crippen LogP contribution is 2.14. The molecule has 0 aliphatic carbocycles. The van der Waals surface area contributed by atoms with Crippen LogP contribution in [0.15, 0.2) is 18.3 Å². The number of halogens is 1. The summed E-state index contributed by atoms with van der Waals surface area (Å²) >= 11 is 0. The van der Waals surface area contributed by atoms with Crippen LogP contribution in [0.4, 0.5) is 4.39 Å². The van der Waals surface area contributed by atoms with E-state index in [1.165, 1.54) is 12.1 Å². The number of aliphatic hydroxyl groups excluding tert-OH is 1. The van der Waals surface area contributed by atoms with Crippen LogP contribution >= 0.6 is 0 Å². The first-order valence-electron chi connectivity index (χ1n) is 6.47. The second kappa shape index (κ2) is 7.44. The van der Waals surface area contributed by atoms with Crippen molar-refractivity contribution in [3.63, 3.8) is 0 Å². The highest BCUT2D eigenvalue weighted by molar-refractivity contribution is 5.07. The molecule has 102 valence electrons. The third-order valence-corrected chi connectivity index (χ3v) is 2.96. The summed E-state index contributed by atoms with van der Waals surface area (Å²) in [6.07, 6.45) is 2.29. The number of aliphatic hydroxyl groups is 1. The maximum Gasteiger partial charge on any atom is 0.141 e. The lowest BCUT2D eigenvalue weighted by Crippen LogP contribution is -2.23. The molecule has 1 heterocycles. The van der Waals surface area contributed by atoms with E-state index < -0.39 is 6.10 Å². The summed E-state index contributed by atoms with van der Waals surface area (Å²) in [7, 11) is 2.05. The van der Waals surface area contributed by atoms with Crippen molar-refractivity contribution < 1.29 is 9.50 Å². The molecule has 1 atom stereocenters. The quantitative estimate of drug-likeness (QED) is 0.812. The first-order valence-corrected chi connectivity index (χ1v) is 6.47. The summed E-state index contributed by atoms with van der Waals surface area (Å²) in [6, 6.07) is 2.86. The predicted molar refractivity (Wildman–Crippen MR) is 70.7 cm³/mol. The van der Waals surface area contributed by atoms with Gasteiger partial charge in [0.2, 0.25) is 0 Å². The van der Waals surface area contributed by atoms with Gasteiger partial charge in [-0.2, -0.15) is 0 Å². The van der Waals surface area contributed by atoms with Crippen LogP contribution < -0.4 is 0 Å². The van der Waals surface area contributed by atoms with Crippen LogP contribution in [-0.4, -0.2) is 35.1 Å². The molecule has 0 bridgehead atoms. The highest BCUT2D eigenvalue weighted by atomic mass is 19.1. The summed E-state index contributed by atoms with van der Waals surface area (Å²) in [5.74, 6) is 0.316. The van der Waals surface area contributed by atoms with Gasteiger partial charge in [-0.1, -0.05) is 13.8 Å². The summed E-state index contributed by atoms with van der Waals surface area (Å²) in [5.41, 5.74) is 0.536. The normalized spacial score (nSPS) is 13.3. The lowest BCUT2D eigenvalue weighted by atomic mass is 10.1. The van der Waals surface area contributed by atoms with Crippen LogP contribution in [0.5, 0.6) is 0 Å². The summed E-state index contributed by atoms with van der Waals surface area (Å²) in [5, 5.41) is 9.93. The molecule has 18 heavy (non-hydrogen) atoms. The van der Waals surface area contributed by atoms with Gasteiger partial charge in [0, 0.05) is 6.54 Å². The van der Waals surface area contributed by atoms with Crippen LogP contribution in [0, 0.1) is 11.7 Å². The molecule has 0 radical (unpaired) electrons. The van der Waals surface area contributed by atoms with E-state index in [4.69, 9.17) is 0 Å². The van der Waals surface area contributed by atoms with Crippen molar-refractivity contribution in [2.45, 2.75) is 32.8 Å². The van der Waals surface area contributed by atoms with Gasteiger partial charge in [-0.25, -0.2) is 4.39 Å². The van der Waals surface area contributed by atoms with Crippen LogP contribution in [0.1, 0.15) is 38.5 Å². The van der Waals surface area contributed by atoms with Crippen LogP contribution in [0.25, 0.3) is 0 Å². The predicted octanol–water partition coefficient (Wildman–Crippen LogP) is 2.62. The van der Waals surface area contributed by atoms with E-state index in [2.05, 4.69) is 23.7 Å². The Morgan fingerprint density at radius 3 is 2.50 bits per heavy atom. The molecule has 0 aromatic carbocycles. The minimum Gasteiger partial charge on any atom is -0.387 e. The van der Waals surface area contributed by atoms with Crippen molar-refractivity contribution in [3.05, 3.63) is 29.8 Å². The van der Waals surface area contributed by atoms with Gasteiger partial charge in [-0.05, 0) is 44.5 Å². The van der Waals surface area contributed by atoms with Crippen molar-refractivity contribution in [1.82, 2.24) is 9.88 Å². The molecular formula is C14H23FN2O. The fourth-order valence-electron chi connectivity index (χ4n) is 1.67. The summed E-state index contributed by atoms with van der Waals surface area (Å²) < 4.78 is 12.7. The van der Waals surface area contributed by atoms with Crippen molar-refractivity contribution in [1.29, 1.82) is 0 Å². The molecule has 1 aromatic heterocycles. The third kappa shape index (κ3) is 5.56. The highest BCUT2D eigenvalue weighted by Gasteiger charge is 2.10. The minimum atomic E-state index is -0.618. The Labute approximate surface area is 109 Å². The van der Waals surface area contributed by atoms with Gasteiger partial charge in [0.15, 0.2) is 0 Å². The molecule has 1 N–H and O–H groups in total. The van der Waals surface area contributed by atoms with Crippen LogP contribution in [0.2, 0.25) is 0 Å². The molecule has 0 fully saturated rings. The maximum absolute atomic E-state index is 12.7. The second-order valence-corrected chi connectivity index (χ2v) is 5.19. The zero-order chi connectivity index (χ0) is 13.5. The molecular weight excluding hydrogens is 231 g/mol. The average Bonchev–Trinajstić information content (AvgIpc) is 2.34. The molecule has 0 amide bonds. The Morgan fingerprint density at radius 2 is 1.94 bits per heavy atom. The first kappa shape index (κ1) is 15.1. The molecule has 0 saturated carbocycles. The monoisotopic (exact) mass is 254 g/mol. The Morgan fingerprint density at radius 1 is 1.28 bits per heavy atom. The summed E-state index contributed by atoms with van der Waals surface area (Å²) in [6.45, 7) is 6.24. The Balaban J connectivity index is 2.32. The van der Waals surface area contributed by atoms with Gasteiger partial charge < -0.3 is 10.0 Å². The first-order chi connectivity index (χ1) is 8.49. The number of hydrogen-bond donors (Lipinski definition) is 1. The molecule has 1 aromatic rings. The van der Waals surface area contributed by atoms with Crippen molar-refractivity contribution in [2.24, 2.45) is 5.92 Å². The smallest absolute Gasteiger partial charge is 0.141 e. The van der Waals surface area contributed by atoms with Crippen molar-refractivity contribution >= 4 is 0 Å². The van der Waals surface area contributed by atoms with E-state index in [1.807, 2.05) is 7.05 Å². The lowest BCUT2D eigenvalue weighted by Gasteiger charge is -2.19. The van der Waals surface area contributed by atoms with Gasteiger partial charge >= 0.3 is 0 Å². The van der Waals surface area contributed by atoms with E-state index in [0.717, 1.165) is 25.7 Å². The van der Waals surface area contributed by atoms with Gasteiger partial charge in [0.25, 0.3) is 0 Å². The van der Waals surface area contributed by atoms with E-state index in [-0.39, 0.29) is 5.82 Å². The molecule has 3 nitrogen and oxygen atoms in total. The molecule has 4 heteroatoms. The Kier molecular flexibility index (Phi) is 6.22. The van der Waals surface area contributed by atoms with E-state index in [0.29, 0.717) is 18.0 Å². The fourth-order valence-corrected chi connectivity index (χ4v) is 1.67. The Hall–Kier alpha value is -1.00. The van der Waals surface area contributed by atoms with Gasteiger partial charge in [0.05, 0.1) is 18.0 Å². The fraction of sp³-hybridized carbons (Fsp3) is 0.643. The minimum absolute atomic E-state index is 0.375. The number of hydrogen-bond acceptors (Lipinski definition) is 3. The average molecular weight is 254 g/mol.